The lowest BCUT2D eigenvalue weighted by Gasteiger charge is -2.37. The molecule has 3 rings (SSSR count). The van der Waals surface area contributed by atoms with Gasteiger partial charge in [0.05, 0.1) is 18.9 Å². The number of esters is 2. The van der Waals surface area contributed by atoms with Crippen molar-refractivity contribution in [2.75, 3.05) is 6.61 Å². The molecule has 0 amide bonds. The highest BCUT2D eigenvalue weighted by molar-refractivity contribution is 9.10. The second kappa shape index (κ2) is 7.68. The summed E-state index contributed by atoms with van der Waals surface area (Å²) in [5, 5.41) is 0. The molecule has 1 aromatic rings. The highest BCUT2D eigenvalue weighted by Gasteiger charge is 2.44. The Kier molecular flexibility index (Phi) is 5.57. The van der Waals surface area contributed by atoms with E-state index in [2.05, 4.69) is 15.9 Å². The molecule has 1 saturated carbocycles. The van der Waals surface area contributed by atoms with Crippen LogP contribution in [0.3, 0.4) is 0 Å². The van der Waals surface area contributed by atoms with Gasteiger partial charge in [0.25, 0.3) is 0 Å². The largest absolute Gasteiger partial charge is 0.466 e. The van der Waals surface area contributed by atoms with Crippen LogP contribution in [-0.2, 0) is 19.1 Å². The van der Waals surface area contributed by atoms with Gasteiger partial charge in [-0.3, -0.25) is 14.4 Å². The van der Waals surface area contributed by atoms with Crippen LogP contribution in [-0.4, -0.2) is 24.3 Å². The smallest absolute Gasteiger partial charge is 0.315 e. The molecular weight excluding hydrogens is 388 g/mol. The van der Waals surface area contributed by atoms with E-state index in [1.54, 1.807) is 19.1 Å². The van der Waals surface area contributed by atoms with Crippen LogP contribution < -0.4 is 4.74 Å². The van der Waals surface area contributed by atoms with Gasteiger partial charge in [0, 0.05) is 28.8 Å². The van der Waals surface area contributed by atoms with Crippen molar-refractivity contribution >= 4 is 33.7 Å². The van der Waals surface area contributed by atoms with Crippen LogP contribution in [0.1, 0.15) is 50.5 Å². The number of hydrogen-bond donors (Lipinski definition) is 0. The summed E-state index contributed by atoms with van der Waals surface area (Å²) in [6, 6.07) is 5.43. The maximum Gasteiger partial charge on any atom is 0.315 e. The molecular formula is C19H21BrO5. The molecule has 2 aliphatic rings. The average molecular weight is 409 g/mol. The fourth-order valence-corrected chi connectivity index (χ4v) is 4.34. The standard InChI is InChI=1S/C19H21BrO5/c1-2-24-17(22)10-15-14-9-12(20)6-7-16(14)25-19(23)18(15)11-4-3-5-13(21)8-11/h6-7,9,11,15,18H,2-5,8,10H2,1H3/t11-,15-,18+/m0/s1. The molecule has 1 aliphatic carbocycles. The van der Waals surface area contributed by atoms with E-state index in [4.69, 9.17) is 9.47 Å². The first-order valence-electron chi connectivity index (χ1n) is 8.68. The van der Waals surface area contributed by atoms with Gasteiger partial charge in [-0.15, -0.1) is 0 Å². The molecule has 0 radical (unpaired) electrons. The summed E-state index contributed by atoms with van der Waals surface area (Å²) < 4.78 is 11.5. The Morgan fingerprint density at radius 3 is 2.88 bits per heavy atom. The zero-order valence-electron chi connectivity index (χ0n) is 14.1. The number of halogens is 1. The van der Waals surface area contributed by atoms with Crippen LogP contribution >= 0.6 is 15.9 Å². The Balaban J connectivity index is 1.97. The third-order valence-corrected chi connectivity index (χ3v) is 5.50. The van der Waals surface area contributed by atoms with E-state index in [0.717, 1.165) is 22.9 Å². The number of hydrogen-bond acceptors (Lipinski definition) is 5. The van der Waals surface area contributed by atoms with Gasteiger partial charge in [-0.25, -0.2) is 0 Å². The zero-order valence-corrected chi connectivity index (χ0v) is 15.7. The summed E-state index contributed by atoms with van der Waals surface area (Å²) >= 11 is 3.44. The lowest BCUT2D eigenvalue weighted by atomic mass is 9.69. The van der Waals surface area contributed by atoms with Gasteiger partial charge in [-0.2, -0.15) is 0 Å². The molecule has 0 spiro atoms. The Bertz CT molecular complexity index is 699. The van der Waals surface area contributed by atoms with Gasteiger partial charge in [0.2, 0.25) is 0 Å². The topological polar surface area (TPSA) is 69.7 Å². The Morgan fingerprint density at radius 2 is 2.16 bits per heavy atom. The van der Waals surface area contributed by atoms with Gasteiger partial charge in [-0.05, 0) is 43.9 Å². The fourth-order valence-electron chi connectivity index (χ4n) is 3.96. The maximum atomic E-state index is 12.7. The lowest BCUT2D eigenvalue weighted by Crippen LogP contribution is -2.39. The SMILES string of the molecule is CCOC(=O)C[C@H]1c2cc(Br)ccc2OC(=O)[C@@H]1[C@H]1CCCC(=O)C1. The average Bonchev–Trinajstić information content (AvgIpc) is 2.56. The first-order valence-corrected chi connectivity index (χ1v) is 9.47. The Labute approximate surface area is 155 Å². The van der Waals surface area contributed by atoms with Crippen LogP contribution in [0.4, 0.5) is 0 Å². The summed E-state index contributed by atoms with van der Waals surface area (Å²) in [6.07, 6.45) is 2.64. The molecule has 0 aromatic heterocycles. The summed E-state index contributed by atoms with van der Waals surface area (Å²) in [5.41, 5.74) is 0.824. The number of ether oxygens (including phenoxy) is 2. The molecule has 3 atom stereocenters. The van der Waals surface area contributed by atoms with E-state index in [9.17, 15) is 14.4 Å². The number of rotatable bonds is 4. The number of carbonyl (C=O) groups excluding carboxylic acids is 3. The molecule has 1 heterocycles. The molecule has 0 saturated heterocycles. The van der Waals surface area contributed by atoms with Crippen molar-refractivity contribution in [2.24, 2.45) is 11.8 Å². The van der Waals surface area contributed by atoms with Crippen molar-refractivity contribution in [1.82, 2.24) is 0 Å². The Morgan fingerprint density at radius 1 is 1.36 bits per heavy atom. The van der Waals surface area contributed by atoms with Crippen molar-refractivity contribution < 1.29 is 23.9 Å². The molecule has 0 unspecified atom stereocenters. The first kappa shape index (κ1) is 18.1. The third kappa shape index (κ3) is 3.94. The van der Waals surface area contributed by atoms with Crippen molar-refractivity contribution in [3.05, 3.63) is 28.2 Å². The molecule has 6 heteroatoms. The Hall–Kier alpha value is -1.69. The van der Waals surface area contributed by atoms with Crippen molar-refractivity contribution in [1.29, 1.82) is 0 Å². The third-order valence-electron chi connectivity index (χ3n) is 5.01. The van der Waals surface area contributed by atoms with E-state index >= 15 is 0 Å². The van der Waals surface area contributed by atoms with Gasteiger partial charge in [0.1, 0.15) is 11.5 Å². The molecule has 0 bridgehead atoms. The minimum atomic E-state index is -0.490. The predicted molar refractivity (Wildman–Crippen MR) is 94.2 cm³/mol. The number of ketones is 1. The van der Waals surface area contributed by atoms with Gasteiger partial charge < -0.3 is 9.47 Å². The normalized spacial score (nSPS) is 25.9. The molecule has 1 aromatic carbocycles. The summed E-state index contributed by atoms with van der Waals surface area (Å²) in [4.78, 5) is 36.8. The molecule has 25 heavy (non-hydrogen) atoms. The van der Waals surface area contributed by atoms with E-state index in [1.165, 1.54) is 0 Å². The van der Waals surface area contributed by atoms with Crippen LogP contribution in [0.15, 0.2) is 22.7 Å². The summed E-state index contributed by atoms with van der Waals surface area (Å²) in [6.45, 7) is 2.06. The summed E-state index contributed by atoms with van der Waals surface area (Å²) in [5.74, 6) is -0.914. The zero-order chi connectivity index (χ0) is 18.0. The highest BCUT2D eigenvalue weighted by atomic mass is 79.9. The van der Waals surface area contributed by atoms with Crippen LogP contribution in [0.25, 0.3) is 0 Å². The highest BCUT2D eigenvalue weighted by Crippen LogP contribution is 2.46. The number of fused-ring (bicyclic) bond motifs is 1. The van der Waals surface area contributed by atoms with E-state index in [1.807, 2.05) is 6.07 Å². The number of carbonyl (C=O) groups is 3. The minimum Gasteiger partial charge on any atom is -0.466 e. The molecule has 1 aliphatic heterocycles. The summed E-state index contributed by atoms with van der Waals surface area (Å²) in [7, 11) is 0. The van der Waals surface area contributed by atoms with Gasteiger partial charge in [-0.1, -0.05) is 15.9 Å². The molecule has 134 valence electrons. The van der Waals surface area contributed by atoms with Crippen molar-refractivity contribution in [3.8, 4) is 5.75 Å². The van der Waals surface area contributed by atoms with E-state index < -0.39 is 5.92 Å². The number of Topliss-reactive ketones (excluding diaryl/α,β-unsaturated/α-hetero) is 1. The maximum absolute atomic E-state index is 12.7. The van der Waals surface area contributed by atoms with Crippen LogP contribution in [0.5, 0.6) is 5.75 Å². The van der Waals surface area contributed by atoms with Gasteiger partial charge >= 0.3 is 11.9 Å². The second-order valence-corrected chi connectivity index (χ2v) is 7.56. The van der Waals surface area contributed by atoms with Crippen molar-refractivity contribution in [2.45, 2.75) is 44.9 Å². The van der Waals surface area contributed by atoms with Crippen molar-refractivity contribution in [3.63, 3.8) is 0 Å². The monoisotopic (exact) mass is 408 g/mol. The van der Waals surface area contributed by atoms with Gasteiger partial charge in [0.15, 0.2) is 0 Å². The molecule has 1 fully saturated rings. The molecule has 0 N–H and O–H groups in total. The first-order chi connectivity index (χ1) is 12.0. The van der Waals surface area contributed by atoms with E-state index in [-0.39, 0.29) is 36.0 Å². The van der Waals surface area contributed by atoms with Crippen LogP contribution in [0, 0.1) is 11.8 Å². The minimum absolute atomic E-state index is 0.0830. The van der Waals surface area contributed by atoms with E-state index in [0.29, 0.717) is 25.2 Å². The van der Waals surface area contributed by atoms with Crippen LogP contribution in [0.2, 0.25) is 0 Å². The second-order valence-electron chi connectivity index (χ2n) is 6.64. The fraction of sp³-hybridized carbons (Fsp3) is 0.526. The number of benzene rings is 1. The molecule has 5 nitrogen and oxygen atoms in total. The predicted octanol–water partition coefficient (Wildman–Crippen LogP) is 3.78. The quantitative estimate of drug-likeness (QED) is 0.559. The lowest BCUT2D eigenvalue weighted by molar-refractivity contribution is -0.148.